The largest absolute Gasteiger partial charge is 0.338 e. The summed E-state index contributed by atoms with van der Waals surface area (Å²) in [6.07, 6.45) is 6.20. The summed E-state index contributed by atoms with van der Waals surface area (Å²) in [5, 5.41) is 5.56. The van der Waals surface area contributed by atoms with Crippen LogP contribution in [0.5, 0.6) is 0 Å². The van der Waals surface area contributed by atoms with Crippen LogP contribution in [-0.4, -0.2) is 17.6 Å². The van der Waals surface area contributed by atoms with Crippen LogP contribution in [-0.2, 0) is 0 Å². The molecule has 0 fully saturated rings. The van der Waals surface area contributed by atoms with Crippen LogP contribution < -0.4 is 10.6 Å². The van der Waals surface area contributed by atoms with Crippen molar-refractivity contribution in [1.82, 2.24) is 10.3 Å². The first-order valence-corrected chi connectivity index (χ1v) is 8.36. The number of amides is 2. The molecule has 1 aromatic carbocycles. The second-order valence-electron chi connectivity index (χ2n) is 5.49. The van der Waals surface area contributed by atoms with Crippen LogP contribution in [0.4, 0.5) is 10.6 Å². The predicted molar refractivity (Wildman–Crippen MR) is 97.8 cm³/mol. The van der Waals surface area contributed by atoms with Gasteiger partial charge in [-0.05, 0) is 30.7 Å². The van der Waals surface area contributed by atoms with Crippen molar-refractivity contribution in [3.05, 3.63) is 59.8 Å². The monoisotopic (exact) mass is 321 g/mol. The third-order valence-electron chi connectivity index (χ3n) is 3.45. The average Bonchev–Trinajstić information content (AvgIpc) is 2.62. The Morgan fingerprint density at radius 2 is 1.79 bits per heavy atom. The first-order chi connectivity index (χ1) is 11.8. The highest BCUT2D eigenvalue weighted by molar-refractivity contribution is 5.88. The van der Waals surface area contributed by atoms with Gasteiger partial charge in [-0.15, -0.1) is 0 Å². The van der Waals surface area contributed by atoms with Gasteiger partial charge in [0.25, 0.3) is 0 Å². The molecule has 24 heavy (non-hydrogen) atoms. The molecule has 0 aliphatic carbocycles. The molecular formula is C20H23N3O. The van der Waals surface area contributed by atoms with E-state index in [1.807, 2.05) is 36.4 Å². The van der Waals surface area contributed by atoms with Gasteiger partial charge in [0, 0.05) is 23.9 Å². The van der Waals surface area contributed by atoms with Gasteiger partial charge in [0.15, 0.2) is 0 Å². The second kappa shape index (κ2) is 10.1. The van der Waals surface area contributed by atoms with Gasteiger partial charge in [-0.1, -0.05) is 56.2 Å². The molecule has 0 aliphatic heterocycles. The number of nitrogens with zero attached hydrogens (tertiary/aromatic N) is 1. The van der Waals surface area contributed by atoms with Gasteiger partial charge in [0.05, 0.1) is 0 Å². The molecule has 0 saturated heterocycles. The van der Waals surface area contributed by atoms with Crippen LogP contribution in [0.1, 0.15) is 43.7 Å². The number of anilines is 1. The third-order valence-corrected chi connectivity index (χ3v) is 3.45. The number of pyridine rings is 1. The number of carbonyl (C=O) groups is 1. The van der Waals surface area contributed by atoms with E-state index in [0.717, 1.165) is 24.0 Å². The Hall–Kier alpha value is -2.80. The Bertz CT molecular complexity index is 684. The topological polar surface area (TPSA) is 54.0 Å². The minimum absolute atomic E-state index is 0.220. The SMILES string of the molecule is CCCCCCNC(=O)Nc1ccc(C#Cc2ccccc2)cn1. The van der Waals surface area contributed by atoms with Gasteiger partial charge in [-0.3, -0.25) is 5.32 Å². The highest BCUT2D eigenvalue weighted by Gasteiger charge is 2.01. The van der Waals surface area contributed by atoms with E-state index in [2.05, 4.69) is 34.4 Å². The predicted octanol–water partition coefficient (Wildman–Crippen LogP) is 4.18. The fourth-order valence-electron chi connectivity index (χ4n) is 2.12. The average molecular weight is 321 g/mol. The van der Waals surface area contributed by atoms with Crippen molar-refractivity contribution in [1.29, 1.82) is 0 Å². The molecule has 0 spiro atoms. The number of rotatable bonds is 6. The maximum absolute atomic E-state index is 11.8. The lowest BCUT2D eigenvalue weighted by Crippen LogP contribution is -2.29. The van der Waals surface area contributed by atoms with E-state index >= 15 is 0 Å². The Kier molecular flexibility index (Phi) is 7.36. The summed E-state index contributed by atoms with van der Waals surface area (Å²) in [7, 11) is 0. The van der Waals surface area contributed by atoms with E-state index in [1.54, 1.807) is 12.3 Å². The van der Waals surface area contributed by atoms with Gasteiger partial charge in [0.1, 0.15) is 5.82 Å². The van der Waals surface area contributed by atoms with Gasteiger partial charge in [-0.2, -0.15) is 0 Å². The third kappa shape index (κ3) is 6.53. The Morgan fingerprint density at radius 3 is 2.50 bits per heavy atom. The summed E-state index contributed by atoms with van der Waals surface area (Å²) < 4.78 is 0. The molecule has 0 aliphatic rings. The molecule has 0 unspecified atom stereocenters. The lowest BCUT2D eigenvalue weighted by molar-refractivity contribution is 0.252. The molecule has 0 radical (unpaired) electrons. The molecule has 2 rings (SSSR count). The fourth-order valence-corrected chi connectivity index (χ4v) is 2.12. The summed E-state index contributed by atoms with van der Waals surface area (Å²) in [4.78, 5) is 16.0. The minimum Gasteiger partial charge on any atom is -0.338 e. The molecule has 124 valence electrons. The number of urea groups is 1. The molecular weight excluding hydrogens is 298 g/mol. The number of unbranched alkanes of at least 4 members (excludes halogenated alkanes) is 3. The zero-order chi connectivity index (χ0) is 17.0. The molecule has 0 bridgehead atoms. The van der Waals surface area contributed by atoms with Gasteiger partial charge < -0.3 is 5.32 Å². The van der Waals surface area contributed by atoms with Crippen molar-refractivity contribution < 1.29 is 4.79 Å². The molecule has 1 aromatic heterocycles. The summed E-state index contributed by atoms with van der Waals surface area (Å²) in [5.74, 6) is 6.65. The lowest BCUT2D eigenvalue weighted by atomic mass is 10.2. The van der Waals surface area contributed by atoms with Crippen LogP contribution in [0, 0.1) is 11.8 Å². The smallest absolute Gasteiger partial charge is 0.320 e. The zero-order valence-electron chi connectivity index (χ0n) is 14.0. The normalized spacial score (nSPS) is 9.71. The summed E-state index contributed by atoms with van der Waals surface area (Å²) in [6, 6.07) is 13.2. The van der Waals surface area contributed by atoms with Gasteiger partial charge >= 0.3 is 6.03 Å². The second-order valence-corrected chi connectivity index (χ2v) is 5.49. The molecule has 1 heterocycles. The summed E-state index contributed by atoms with van der Waals surface area (Å²) in [5.41, 5.74) is 1.77. The zero-order valence-corrected chi connectivity index (χ0v) is 14.0. The van der Waals surface area contributed by atoms with Crippen molar-refractivity contribution >= 4 is 11.8 Å². The van der Waals surface area contributed by atoms with Crippen LogP contribution in [0.3, 0.4) is 0 Å². The van der Waals surface area contributed by atoms with E-state index in [4.69, 9.17) is 0 Å². The van der Waals surface area contributed by atoms with E-state index in [0.29, 0.717) is 12.4 Å². The highest BCUT2D eigenvalue weighted by atomic mass is 16.2. The molecule has 0 saturated carbocycles. The number of aromatic nitrogens is 1. The van der Waals surface area contributed by atoms with Crippen LogP contribution >= 0.6 is 0 Å². The minimum atomic E-state index is -0.220. The van der Waals surface area contributed by atoms with Crippen molar-refractivity contribution in [3.63, 3.8) is 0 Å². The Balaban J connectivity index is 1.80. The van der Waals surface area contributed by atoms with E-state index < -0.39 is 0 Å². The molecule has 2 amide bonds. The molecule has 4 heteroatoms. The summed E-state index contributed by atoms with van der Waals surface area (Å²) >= 11 is 0. The standard InChI is InChI=1S/C20H23N3O/c1-2-3-4-8-15-21-20(24)23-19-14-13-18(16-22-19)12-11-17-9-6-5-7-10-17/h5-7,9-10,13-14,16H,2-4,8,15H2,1H3,(H2,21,22,23,24). The molecule has 0 atom stereocenters. The first-order valence-electron chi connectivity index (χ1n) is 8.36. The van der Waals surface area contributed by atoms with Crippen molar-refractivity contribution in [2.45, 2.75) is 32.6 Å². The fraction of sp³-hybridized carbons (Fsp3) is 0.300. The van der Waals surface area contributed by atoms with Crippen molar-refractivity contribution in [2.75, 3.05) is 11.9 Å². The van der Waals surface area contributed by atoms with Gasteiger partial charge in [0.2, 0.25) is 0 Å². The molecule has 2 aromatic rings. The maximum atomic E-state index is 11.8. The molecule has 4 nitrogen and oxygen atoms in total. The van der Waals surface area contributed by atoms with Crippen LogP contribution in [0.25, 0.3) is 0 Å². The maximum Gasteiger partial charge on any atom is 0.320 e. The highest BCUT2D eigenvalue weighted by Crippen LogP contribution is 2.05. The van der Waals surface area contributed by atoms with E-state index in [9.17, 15) is 4.79 Å². The van der Waals surface area contributed by atoms with Crippen molar-refractivity contribution in [2.24, 2.45) is 0 Å². The quantitative estimate of drug-likeness (QED) is 0.619. The number of carbonyl (C=O) groups excluding carboxylic acids is 1. The summed E-state index contributed by atoms with van der Waals surface area (Å²) in [6.45, 7) is 2.85. The number of nitrogens with one attached hydrogen (secondary N) is 2. The van der Waals surface area contributed by atoms with Crippen LogP contribution in [0.2, 0.25) is 0 Å². The van der Waals surface area contributed by atoms with Gasteiger partial charge in [-0.25, -0.2) is 9.78 Å². The Labute approximate surface area is 143 Å². The molecule has 2 N–H and O–H groups in total. The van der Waals surface area contributed by atoms with E-state index in [-0.39, 0.29) is 6.03 Å². The van der Waals surface area contributed by atoms with Crippen LogP contribution in [0.15, 0.2) is 48.7 Å². The number of hydrogen-bond acceptors (Lipinski definition) is 2. The van der Waals surface area contributed by atoms with Crippen molar-refractivity contribution in [3.8, 4) is 11.8 Å². The Morgan fingerprint density at radius 1 is 1.00 bits per heavy atom. The van der Waals surface area contributed by atoms with E-state index in [1.165, 1.54) is 12.8 Å². The number of hydrogen-bond donors (Lipinski definition) is 2. The number of benzene rings is 1. The first kappa shape index (κ1) is 17.6. The lowest BCUT2D eigenvalue weighted by Gasteiger charge is -2.06.